The Bertz CT molecular complexity index is 788. The lowest BCUT2D eigenvalue weighted by atomic mass is 9.99. The zero-order valence-corrected chi connectivity index (χ0v) is 13.5. The lowest BCUT2D eigenvalue weighted by molar-refractivity contribution is -0.384. The standard InChI is InChI=1S/C16H12Cl2N2O3/c17-13-2-1-3-14(18)12(13)9-19-15-6-5-11(20(22)23)8-10(15)4-7-16(19)21/h1-3,5-6,8H,4,7,9H2. The van der Waals surface area contributed by atoms with Gasteiger partial charge in [-0.25, -0.2) is 0 Å². The molecule has 1 heterocycles. The van der Waals surface area contributed by atoms with Gasteiger partial charge in [0, 0.05) is 39.8 Å². The van der Waals surface area contributed by atoms with Crippen LogP contribution >= 0.6 is 23.2 Å². The van der Waals surface area contributed by atoms with Crippen LogP contribution in [-0.2, 0) is 17.8 Å². The number of anilines is 1. The van der Waals surface area contributed by atoms with Gasteiger partial charge in [0.15, 0.2) is 0 Å². The highest BCUT2D eigenvalue weighted by molar-refractivity contribution is 6.36. The first-order valence-corrected chi connectivity index (χ1v) is 7.73. The quantitative estimate of drug-likeness (QED) is 0.609. The molecule has 7 heteroatoms. The molecule has 0 saturated carbocycles. The maximum absolute atomic E-state index is 12.3. The van der Waals surface area contributed by atoms with Gasteiger partial charge in [0.2, 0.25) is 5.91 Å². The van der Waals surface area contributed by atoms with Crippen molar-refractivity contribution in [1.29, 1.82) is 0 Å². The van der Waals surface area contributed by atoms with E-state index in [1.54, 1.807) is 29.2 Å². The molecule has 0 bridgehead atoms. The van der Waals surface area contributed by atoms with E-state index in [1.807, 2.05) is 0 Å². The number of carbonyl (C=O) groups excluding carboxylic acids is 1. The molecule has 1 aliphatic heterocycles. The summed E-state index contributed by atoms with van der Waals surface area (Å²) >= 11 is 12.4. The molecule has 2 aromatic carbocycles. The Kier molecular flexibility index (Phi) is 4.24. The summed E-state index contributed by atoms with van der Waals surface area (Å²) in [6.45, 7) is 0.238. The molecule has 1 amide bonds. The fourth-order valence-electron chi connectivity index (χ4n) is 2.67. The molecule has 0 unspecified atom stereocenters. The second-order valence-corrected chi connectivity index (χ2v) is 6.06. The number of non-ortho nitro benzene ring substituents is 1. The average molecular weight is 351 g/mol. The number of aryl methyl sites for hydroxylation is 1. The smallest absolute Gasteiger partial charge is 0.269 e. The zero-order chi connectivity index (χ0) is 16.6. The van der Waals surface area contributed by atoms with Crippen LogP contribution in [0, 0.1) is 10.1 Å². The van der Waals surface area contributed by atoms with Crippen molar-refractivity contribution in [2.24, 2.45) is 0 Å². The van der Waals surface area contributed by atoms with Gasteiger partial charge < -0.3 is 4.90 Å². The van der Waals surface area contributed by atoms with Crippen LogP contribution in [0.1, 0.15) is 17.5 Å². The third kappa shape index (κ3) is 3.02. The number of hydrogen-bond acceptors (Lipinski definition) is 3. The first-order chi connectivity index (χ1) is 11.0. The van der Waals surface area contributed by atoms with Gasteiger partial charge in [-0.1, -0.05) is 29.3 Å². The van der Waals surface area contributed by atoms with Crippen LogP contribution in [0.15, 0.2) is 36.4 Å². The number of rotatable bonds is 3. The minimum absolute atomic E-state index is 0.0221. The molecule has 1 aliphatic rings. The van der Waals surface area contributed by atoms with Gasteiger partial charge in [-0.3, -0.25) is 14.9 Å². The van der Waals surface area contributed by atoms with Crippen molar-refractivity contribution in [2.45, 2.75) is 19.4 Å². The number of fused-ring (bicyclic) bond motifs is 1. The Hall–Kier alpha value is -2.11. The van der Waals surface area contributed by atoms with Crippen LogP contribution < -0.4 is 4.90 Å². The van der Waals surface area contributed by atoms with Crippen molar-refractivity contribution in [2.75, 3.05) is 4.90 Å². The van der Waals surface area contributed by atoms with Crippen LogP contribution in [-0.4, -0.2) is 10.8 Å². The second kappa shape index (κ2) is 6.18. The molecule has 0 spiro atoms. The minimum atomic E-state index is -0.439. The number of nitro benzene ring substituents is 1. The molecule has 0 aliphatic carbocycles. The predicted molar refractivity (Wildman–Crippen MR) is 89.1 cm³/mol. The molecule has 5 nitrogen and oxygen atoms in total. The lowest BCUT2D eigenvalue weighted by Gasteiger charge is -2.30. The first kappa shape index (κ1) is 15.8. The van der Waals surface area contributed by atoms with Crippen molar-refractivity contribution in [3.8, 4) is 0 Å². The molecule has 23 heavy (non-hydrogen) atoms. The van der Waals surface area contributed by atoms with Crippen molar-refractivity contribution >= 4 is 40.5 Å². The van der Waals surface area contributed by atoms with E-state index in [9.17, 15) is 14.9 Å². The van der Waals surface area contributed by atoms with Gasteiger partial charge in [0.25, 0.3) is 5.69 Å². The van der Waals surface area contributed by atoms with Gasteiger partial charge in [0.1, 0.15) is 0 Å². The second-order valence-electron chi connectivity index (χ2n) is 5.25. The SMILES string of the molecule is O=C1CCc2cc([N+](=O)[O-])ccc2N1Cc1c(Cl)cccc1Cl. The summed E-state index contributed by atoms with van der Waals surface area (Å²) in [6.07, 6.45) is 0.791. The topological polar surface area (TPSA) is 63.4 Å². The Morgan fingerprint density at radius 1 is 1.13 bits per heavy atom. The number of nitro groups is 1. The summed E-state index contributed by atoms with van der Waals surface area (Å²) in [5.74, 6) is -0.0534. The van der Waals surface area contributed by atoms with E-state index in [1.165, 1.54) is 12.1 Å². The van der Waals surface area contributed by atoms with Gasteiger partial charge in [-0.15, -0.1) is 0 Å². The van der Waals surface area contributed by atoms with E-state index >= 15 is 0 Å². The molecule has 0 saturated heterocycles. The Balaban J connectivity index is 2.01. The monoisotopic (exact) mass is 350 g/mol. The summed E-state index contributed by atoms with van der Waals surface area (Å²) in [6, 6.07) is 9.70. The Labute approximate surface area is 142 Å². The lowest BCUT2D eigenvalue weighted by Crippen LogP contribution is -2.34. The van der Waals surface area contributed by atoms with Crippen LogP contribution in [0.2, 0.25) is 10.0 Å². The highest BCUT2D eigenvalue weighted by Crippen LogP contribution is 2.34. The zero-order valence-electron chi connectivity index (χ0n) is 12.0. The van der Waals surface area contributed by atoms with E-state index in [0.717, 1.165) is 5.56 Å². The normalized spacial score (nSPS) is 13.8. The molecule has 118 valence electrons. The molecule has 0 radical (unpaired) electrons. The Morgan fingerprint density at radius 3 is 2.48 bits per heavy atom. The average Bonchev–Trinajstić information content (AvgIpc) is 2.52. The fourth-order valence-corrected chi connectivity index (χ4v) is 3.19. The molecule has 2 aromatic rings. The predicted octanol–water partition coefficient (Wildman–Crippen LogP) is 4.38. The summed E-state index contributed by atoms with van der Waals surface area (Å²) in [5, 5.41) is 11.9. The van der Waals surface area contributed by atoms with Crippen molar-refractivity contribution < 1.29 is 9.72 Å². The third-order valence-corrected chi connectivity index (χ3v) is 4.56. The molecule has 0 atom stereocenters. The minimum Gasteiger partial charge on any atom is -0.308 e. The van der Waals surface area contributed by atoms with Crippen LogP contribution in [0.5, 0.6) is 0 Å². The van der Waals surface area contributed by atoms with E-state index < -0.39 is 4.92 Å². The summed E-state index contributed by atoms with van der Waals surface area (Å²) in [4.78, 5) is 24.4. The van der Waals surface area contributed by atoms with E-state index in [4.69, 9.17) is 23.2 Å². The van der Waals surface area contributed by atoms with Crippen LogP contribution in [0.25, 0.3) is 0 Å². The van der Waals surface area contributed by atoms with Crippen LogP contribution in [0.3, 0.4) is 0 Å². The number of benzene rings is 2. The summed E-state index contributed by atoms with van der Waals surface area (Å²) in [5.41, 5.74) is 2.13. The summed E-state index contributed by atoms with van der Waals surface area (Å²) < 4.78 is 0. The van der Waals surface area contributed by atoms with Crippen molar-refractivity contribution in [3.63, 3.8) is 0 Å². The highest BCUT2D eigenvalue weighted by Gasteiger charge is 2.27. The number of halogens is 2. The molecular formula is C16H12Cl2N2O3. The number of amides is 1. The molecule has 3 rings (SSSR count). The molecule has 0 aromatic heterocycles. The van der Waals surface area contributed by atoms with Crippen molar-refractivity contribution in [3.05, 3.63) is 67.7 Å². The third-order valence-electron chi connectivity index (χ3n) is 3.85. The van der Waals surface area contributed by atoms with E-state index in [-0.39, 0.29) is 18.1 Å². The van der Waals surface area contributed by atoms with Crippen molar-refractivity contribution in [1.82, 2.24) is 0 Å². The van der Waals surface area contributed by atoms with E-state index in [0.29, 0.717) is 34.1 Å². The molecule has 0 fully saturated rings. The number of hydrogen-bond donors (Lipinski definition) is 0. The maximum atomic E-state index is 12.3. The van der Waals surface area contributed by atoms with Gasteiger partial charge in [0.05, 0.1) is 11.5 Å². The fraction of sp³-hybridized carbons (Fsp3) is 0.188. The Morgan fingerprint density at radius 2 is 1.83 bits per heavy atom. The molecular weight excluding hydrogens is 339 g/mol. The van der Waals surface area contributed by atoms with E-state index in [2.05, 4.69) is 0 Å². The molecule has 0 N–H and O–H groups in total. The van der Waals surface area contributed by atoms with Gasteiger partial charge >= 0.3 is 0 Å². The summed E-state index contributed by atoms with van der Waals surface area (Å²) in [7, 11) is 0. The number of nitrogens with zero attached hydrogens (tertiary/aromatic N) is 2. The van der Waals surface area contributed by atoms with Crippen LogP contribution in [0.4, 0.5) is 11.4 Å². The highest BCUT2D eigenvalue weighted by atomic mass is 35.5. The first-order valence-electron chi connectivity index (χ1n) is 6.98. The van der Waals surface area contributed by atoms with Gasteiger partial charge in [-0.05, 0) is 30.2 Å². The maximum Gasteiger partial charge on any atom is 0.269 e. The largest absolute Gasteiger partial charge is 0.308 e. The number of carbonyl (C=O) groups is 1. The van der Waals surface area contributed by atoms with Gasteiger partial charge in [-0.2, -0.15) is 0 Å².